The Labute approximate surface area is 175 Å². The van der Waals surface area contributed by atoms with Gasteiger partial charge in [0.25, 0.3) is 5.91 Å². The van der Waals surface area contributed by atoms with Crippen LogP contribution in [-0.4, -0.2) is 29.9 Å². The third-order valence-corrected chi connectivity index (χ3v) is 4.05. The Hall–Kier alpha value is -1.86. The van der Waals surface area contributed by atoms with E-state index in [1.54, 1.807) is 36.4 Å². The summed E-state index contributed by atoms with van der Waals surface area (Å²) >= 11 is 5.78. The molecule has 1 fully saturated rings. The van der Waals surface area contributed by atoms with Gasteiger partial charge in [-0.2, -0.15) is 0 Å². The Kier molecular flexibility index (Phi) is 9.52. The highest BCUT2D eigenvalue weighted by molar-refractivity contribution is 6.30. The first-order chi connectivity index (χ1) is 12.1. The highest BCUT2D eigenvalue weighted by Crippen LogP contribution is 2.27. The van der Waals surface area contributed by atoms with Crippen LogP contribution in [0, 0.1) is 5.92 Å². The molecule has 146 valence electrons. The Morgan fingerprint density at radius 3 is 2.48 bits per heavy atom. The number of carbonyl (C=O) groups excluding carboxylic acids is 2. The molecule has 1 heterocycles. The topological polar surface area (TPSA) is 83.1 Å². The number of halogens is 3. The van der Waals surface area contributed by atoms with Crippen molar-refractivity contribution >= 4 is 59.7 Å². The molecule has 27 heavy (non-hydrogen) atoms. The molecule has 1 aliphatic rings. The second-order valence-electron chi connectivity index (χ2n) is 5.98. The molecule has 0 radical (unpaired) electrons. The highest BCUT2D eigenvalue weighted by atomic mass is 35.5. The zero-order valence-corrected chi connectivity index (χ0v) is 16.8. The van der Waals surface area contributed by atoms with Crippen molar-refractivity contribution in [1.82, 2.24) is 10.3 Å². The molecule has 0 saturated heterocycles. The SMILES string of the molecule is Cl.Cl.O=C(CNCC1CC1)Nc1ccccc1C(=O)Nc1ccc(Cl)cn1. The molecule has 2 aromatic rings. The second kappa shape index (κ2) is 11.1. The summed E-state index contributed by atoms with van der Waals surface area (Å²) in [6.45, 7) is 1.09. The van der Waals surface area contributed by atoms with Crippen LogP contribution in [0.15, 0.2) is 42.6 Å². The zero-order valence-electron chi connectivity index (χ0n) is 14.4. The Morgan fingerprint density at radius 2 is 1.81 bits per heavy atom. The minimum Gasteiger partial charge on any atom is -0.324 e. The number of para-hydroxylation sites is 1. The van der Waals surface area contributed by atoms with Crippen molar-refractivity contribution in [3.05, 3.63) is 53.2 Å². The average molecular weight is 432 g/mol. The molecule has 9 heteroatoms. The number of pyridine rings is 1. The van der Waals surface area contributed by atoms with Crippen LogP contribution in [0.2, 0.25) is 5.02 Å². The molecule has 1 aromatic carbocycles. The molecule has 1 aromatic heterocycles. The minimum absolute atomic E-state index is 0. The summed E-state index contributed by atoms with van der Waals surface area (Å²) in [5.74, 6) is 0.571. The van der Waals surface area contributed by atoms with Crippen LogP contribution < -0.4 is 16.0 Å². The van der Waals surface area contributed by atoms with Gasteiger partial charge in [-0.05, 0) is 49.6 Å². The first-order valence-electron chi connectivity index (χ1n) is 8.14. The molecule has 3 rings (SSSR count). The van der Waals surface area contributed by atoms with Crippen molar-refractivity contribution in [1.29, 1.82) is 0 Å². The van der Waals surface area contributed by atoms with E-state index in [4.69, 9.17) is 11.6 Å². The van der Waals surface area contributed by atoms with Gasteiger partial charge in [0.15, 0.2) is 0 Å². The van der Waals surface area contributed by atoms with E-state index in [2.05, 4.69) is 20.9 Å². The molecule has 0 unspecified atom stereocenters. The van der Waals surface area contributed by atoms with E-state index in [1.165, 1.54) is 19.0 Å². The average Bonchev–Trinajstić information content (AvgIpc) is 3.42. The second-order valence-corrected chi connectivity index (χ2v) is 6.42. The number of nitrogens with one attached hydrogen (secondary N) is 3. The van der Waals surface area contributed by atoms with Gasteiger partial charge in [-0.25, -0.2) is 4.98 Å². The zero-order chi connectivity index (χ0) is 17.6. The molecule has 0 atom stereocenters. The fraction of sp³-hybridized carbons (Fsp3) is 0.278. The summed E-state index contributed by atoms with van der Waals surface area (Å²) in [4.78, 5) is 28.6. The molecule has 3 N–H and O–H groups in total. The van der Waals surface area contributed by atoms with Gasteiger partial charge in [0.2, 0.25) is 5.91 Å². The van der Waals surface area contributed by atoms with E-state index in [9.17, 15) is 9.59 Å². The Morgan fingerprint density at radius 1 is 1.07 bits per heavy atom. The van der Waals surface area contributed by atoms with E-state index >= 15 is 0 Å². The quantitative estimate of drug-likeness (QED) is 0.623. The number of nitrogens with zero attached hydrogens (tertiary/aromatic N) is 1. The number of hydrogen-bond acceptors (Lipinski definition) is 4. The normalized spacial score (nSPS) is 12.3. The van der Waals surface area contributed by atoms with Crippen molar-refractivity contribution in [3.8, 4) is 0 Å². The molecule has 0 spiro atoms. The van der Waals surface area contributed by atoms with Crippen molar-refractivity contribution in [2.24, 2.45) is 5.92 Å². The summed E-state index contributed by atoms with van der Waals surface area (Å²) < 4.78 is 0. The first kappa shape index (κ1) is 23.2. The maximum absolute atomic E-state index is 12.5. The van der Waals surface area contributed by atoms with Crippen molar-refractivity contribution in [3.63, 3.8) is 0 Å². The lowest BCUT2D eigenvalue weighted by atomic mass is 10.1. The smallest absolute Gasteiger partial charge is 0.258 e. The lowest BCUT2D eigenvalue weighted by Crippen LogP contribution is -2.30. The van der Waals surface area contributed by atoms with Crippen molar-refractivity contribution in [2.45, 2.75) is 12.8 Å². The summed E-state index contributed by atoms with van der Waals surface area (Å²) in [5, 5.41) is 9.08. The largest absolute Gasteiger partial charge is 0.324 e. The molecule has 1 saturated carbocycles. The van der Waals surface area contributed by atoms with E-state index in [0.717, 1.165) is 6.54 Å². The third-order valence-electron chi connectivity index (χ3n) is 3.83. The van der Waals surface area contributed by atoms with Crippen LogP contribution in [0.3, 0.4) is 0 Å². The van der Waals surface area contributed by atoms with Gasteiger partial charge in [0, 0.05) is 6.20 Å². The van der Waals surface area contributed by atoms with Crippen LogP contribution in [0.1, 0.15) is 23.2 Å². The number of rotatable bonds is 7. The van der Waals surface area contributed by atoms with Gasteiger partial charge >= 0.3 is 0 Å². The summed E-state index contributed by atoms with van der Waals surface area (Å²) in [5.41, 5.74) is 0.835. The summed E-state index contributed by atoms with van der Waals surface area (Å²) in [6.07, 6.45) is 3.92. The van der Waals surface area contributed by atoms with E-state index in [0.29, 0.717) is 28.0 Å². The van der Waals surface area contributed by atoms with Crippen LogP contribution in [0.4, 0.5) is 11.5 Å². The molecular formula is C18H21Cl3N4O2. The Balaban J connectivity index is 0.00000182. The Bertz CT molecular complexity index is 767. The molecule has 0 bridgehead atoms. The minimum atomic E-state index is -0.350. The van der Waals surface area contributed by atoms with Crippen LogP contribution >= 0.6 is 36.4 Å². The lowest BCUT2D eigenvalue weighted by Gasteiger charge is -2.11. The van der Waals surface area contributed by atoms with Gasteiger partial charge in [-0.1, -0.05) is 23.7 Å². The maximum Gasteiger partial charge on any atom is 0.258 e. The monoisotopic (exact) mass is 430 g/mol. The lowest BCUT2D eigenvalue weighted by molar-refractivity contribution is -0.115. The van der Waals surface area contributed by atoms with Crippen molar-refractivity contribution < 1.29 is 9.59 Å². The molecule has 0 aliphatic heterocycles. The number of benzene rings is 1. The molecular weight excluding hydrogens is 411 g/mol. The number of anilines is 2. The van der Waals surface area contributed by atoms with E-state index < -0.39 is 0 Å². The molecule has 2 amide bonds. The van der Waals surface area contributed by atoms with Gasteiger partial charge in [0.05, 0.1) is 22.8 Å². The molecule has 6 nitrogen and oxygen atoms in total. The predicted molar refractivity (Wildman–Crippen MR) is 112 cm³/mol. The van der Waals surface area contributed by atoms with Crippen LogP contribution in [0.25, 0.3) is 0 Å². The van der Waals surface area contributed by atoms with Gasteiger partial charge in [-0.3, -0.25) is 9.59 Å². The molecule has 1 aliphatic carbocycles. The van der Waals surface area contributed by atoms with Gasteiger partial charge < -0.3 is 16.0 Å². The number of aromatic nitrogens is 1. The first-order valence-corrected chi connectivity index (χ1v) is 8.52. The van der Waals surface area contributed by atoms with Crippen LogP contribution in [0.5, 0.6) is 0 Å². The van der Waals surface area contributed by atoms with E-state index in [1.807, 2.05) is 0 Å². The summed E-state index contributed by atoms with van der Waals surface area (Å²) in [7, 11) is 0. The summed E-state index contributed by atoms with van der Waals surface area (Å²) in [6, 6.07) is 10.1. The number of amides is 2. The van der Waals surface area contributed by atoms with Gasteiger partial charge in [-0.15, -0.1) is 24.8 Å². The fourth-order valence-electron chi connectivity index (χ4n) is 2.33. The number of hydrogen-bond donors (Lipinski definition) is 3. The third kappa shape index (κ3) is 7.34. The van der Waals surface area contributed by atoms with Gasteiger partial charge in [0.1, 0.15) is 5.82 Å². The maximum atomic E-state index is 12.5. The van der Waals surface area contributed by atoms with Crippen molar-refractivity contribution in [2.75, 3.05) is 23.7 Å². The standard InChI is InChI=1S/C18H19ClN4O2.2ClH/c19-13-7-8-16(21-10-13)23-18(25)14-3-1-2-4-15(14)22-17(24)11-20-9-12-5-6-12;;/h1-4,7-8,10,12,20H,5-6,9,11H2,(H,22,24)(H,21,23,25);2*1H. The predicted octanol–water partition coefficient (Wildman–Crippen LogP) is 3.77. The number of carbonyl (C=O) groups is 2. The fourth-order valence-corrected chi connectivity index (χ4v) is 2.44. The van der Waals surface area contributed by atoms with E-state index in [-0.39, 0.29) is 43.2 Å². The highest BCUT2D eigenvalue weighted by Gasteiger charge is 2.20. The van der Waals surface area contributed by atoms with Crippen LogP contribution in [-0.2, 0) is 4.79 Å².